The van der Waals surface area contributed by atoms with Gasteiger partial charge in [-0.3, -0.25) is 4.90 Å². The molecule has 1 saturated heterocycles. The van der Waals surface area contributed by atoms with Gasteiger partial charge in [0.15, 0.2) is 5.82 Å². The molecule has 2 aliphatic heterocycles. The van der Waals surface area contributed by atoms with Crippen molar-refractivity contribution in [2.45, 2.75) is 12.8 Å². The van der Waals surface area contributed by atoms with Crippen molar-refractivity contribution < 1.29 is 14.3 Å². The zero-order chi connectivity index (χ0) is 16.4. The van der Waals surface area contributed by atoms with Crippen molar-refractivity contribution in [1.29, 1.82) is 0 Å². The third kappa shape index (κ3) is 3.03. The number of carbonyl (C=O) groups excluding carboxylic acids is 1. The number of benzene rings is 1. The number of carbonyl (C=O) groups is 1. The molecule has 0 spiro atoms. The van der Waals surface area contributed by atoms with Crippen LogP contribution >= 0.6 is 0 Å². The van der Waals surface area contributed by atoms with Crippen LogP contribution in [-0.2, 0) is 17.6 Å². The molecule has 0 aliphatic carbocycles. The molecule has 0 saturated carbocycles. The molecule has 0 unspecified atom stereocenters. The lowest BCUT2D eigenvalue weighted by Gasteiger charge is -2.12. The molecule has 1 aromatic heterocycles. The molecule has 1 N–H and O–H groups in total. The highest BCUT2D eigenvalue weighted by Gasteiger charge is 2.25. The van der Waals surface area contributed by atoms with E-state index in [-0.39, 0.29) is 0 Å². The first-order valence-electron chi connectivity index (χ1n) is 8.08. The van der Waals surface area contributed by atoms with Crippen molar-refractivity contribution in [3.63, 3.8) is 0 Å². The number of amides is 1. The van der Waals surface area contributed by atoms with Gasteiger partial charge in [0.25, 0.3) is 0 Å². The van der Waals surface area contributed by atoms with Crippen LogP contribution in [0.25, 0.3) is 0 Å². The number of fused-ring (bicyclic) bond motifs is 1. The molecule has 1 aromatic carbocycles. The first-order chi connectivity index (χ1) is 11.8. The maximum atomic E-state index is 11.5. The fraction of sp³-hybridized carbons (Fsp3) is 0.353. The summed E-state index contributed by atoms with van der Waals surface area (Å²) in [5.74, 6) is 1.62. The lowest BCUT2D eigenvalue weighted by molar-refractivity contribution is 0.181. The van der Waals surface area contributed by atoms with E-state index in [1.165, 1.54) is 16.0 Å². The SMILES string of the molecule is O=C1OCCN1c1ccc(Oc2ccc3c(c2)CCNCC3)nn1. The van der Waals surface area contributed by atoms with E-state index >= 15 is 0 Å². The summed E-state index contributed by atoms with van der Waals surface area (Å²) in [6, 6.07) is 9.55. The van der Waals surface area contributed by atoms with Gasteiger partial charge in [0, 0.05) is 6.07 Å². The van der Waals surface area contributed by atoms with E-state index in [9.17, 15) is 4.79 Å². The molecule has 7 nitrogen and oxygen atoms in total. The predicted octanol–water partition coefficient (Wildman–Crippen LogP) is 1.91. The highest BCUT2D eigenvalue weighted by molar-refractivity contribution is 5.87. The molecule has 7 heteroatoms. The minimum atomic E-state index is -0.391. The van der Waals surface area contributed by atoms with E-state index in [1.54, 1.807) is 12.1 Å². The third-order valence-electron chi connectivity index (χ3n) is 4.21. The zero-order valence-electron chi connectivity index (χ0n) is 13.2. The smallest absolute Gasteiger partial charge is 0.415 e. The number of nitrogens with one attached hydrogen (secondary N) is 1. The topological polar surface area (TPSA) is 76.6 Å². The summed E-state index contributed by atoms with van der Waals surface area (Å²) in [5.41, 5.74) is 2.67. The van der Waals surface area contributed by atoms with Gasteiger partial charge in [0.1, 0.15) is 12.4 Å². The lowest BCUT2D eigenvalue weighted by Crippen LogP contribution is -2.24. The predicted molar refractivity (Wildman–Crippen MR) is 87.5 cm³/mol. The van der Waals surface area contributed by atoms with Crippen LogP contribution in [0.1, 0.15) is 11.1 Å². The van der Waals surface area contributed by atoms with Crippen molar-refractivity contribution in [1.82, 2.24) is 15.5 Å². The Kier molecular flexibility index (Phi) is 4.00. The summed E-state index contributed by atoms with van der Waals surface area (Å²) >= 11 is 0. The Morgan fingerprint density at radius 1 is 1.08 bits per heavy atom. The van der Waals surface area contributed by atoms with E-state index in [0.29, 0.717) is 24.8 Å². The molecular formula is C17H18N4O3. The Morgan fingerprint density at radius 2 is 1.96 bits per heavy atom. The second-order valence-corrected chi connectivity index (χ2v) is 5.78. The summed E-state index contributed by atoms with van der Waals surface area (Å²) in [6.45, 7) is 2.87. The monoisotopic (exact) mass is 326 g/mol. The van der Waals surface area contributed by atoms with Crippen LogP contribution in [-0.4, -0.2) is 42.5 Å². The van der Waals surface area contributed by atoms with Gasteiger partial charge in [0.05, 0.1) is 6.54 Å². The van der Waals surface area contributed by atoms with E-state index in [1.807, 2.05) is 6.07 Å². The Hall–Kier alpha value is -2.67. The molecule has 0 bridgehead atoms. The first-order valence-corrected chi connectivity index (χ1v) is 8.08. The number of anilines is 1. The molecule has 24 heavy (non-hydrogen) atoms. The number of hydrogen-bond donors (Lipinski definition) is 1. The largest absolute Gasteiger partial charge is 0.447 e. The van der Waals surface area contributed by atoms with Crippen LogP contribution in [0.15, 0.2) is 30.3 Å². The maximum absolute atomic E-state index is 11.5. The van der Waals surface area contributed by atoms with Crippen LogP contribution in [0.2, 0.25) is 0 Å². The maximum Gasteiger partial charge on any atom is 0.415 e. The Morgan fingerprint density at radius 3 is 2.71 bits per heavy atom. The van der Waals surface area contributed by atoms with E-state index < -0.39 is 6.09 Å². The quantitative estimate of drug-likeness (QED) is 0.928. The third-order valence-corrected chi connectivity index (χ3v) is 4.21. The second-order valence-electron chi connectivity index (χ2n) is 5.78. The number of hydrogen-bond acceptors (Lipinski definition) is 6. The van der Waals surface area contributed by atoms with Gasteiger partial charge < -0.3 is 14.8 Å². The van der Waals surface area contributed by atoms with Crippen molar-refractivity contribution in [2.24, 2.45) is 0 Å². The normalized spacial score (nSPS) is 17.2. The van der Waals surface area contributed by atoms with Gasteiger partial charge in [-0.1, -0.05) is 6.07 Å². The fourth-order valence-electron chi connectivity index (χ4n) is 2.95. The van der Waals surface area contributed by atoms with Crippen LogP contribution in [0.3, 0.4) is 0 Å². The van der Waals surface area contributed by atoms with Gasteiger partial charge in [-0.2, -0.15) is 0 Å². The summed E-state index contributed by atoms with van der Waals surface area (Å²) < 4.78 is 10.7. The first kappa shape index (κ1) is 14.9. The van der Waals surface area contributed by atoms with Gasteiger partial charge in [0.2, 0.25) is 5.88 Å². The van der Waals surface area contributed by atoms with Crippen LogP contribution in [0, 0.1) is 0 Å². The minimum Gasteiger partial charge on any atom is -0.447 e. The van der Waals surface area contributed by atoms with E-state index in [0.717, 1.165) is 31.7 Å². The van der Waals surface area contributed by atoms with Gasteiger partial charge >= 0.3 is 6.09 Å². The van der Waals surface area contributed by atoms with Crippen LogP contribution in [0.4, 0.5) is 10.6 Å². The van der Waals surface area contributed by atoms with Gasteiger partial charge in [-0.25, -0.2) is 4.79 Å². The average Bonchev–Trinajstić information content (AvgIpc) is 2.89. The lowest BCUT2D eigenvalue weighted by atomic mass is 10.0. The summed E-state index contributed by atoms with van der Waals surface area (Å²) in [5, 5.41) is 11.5. The minimum absolute atomic E-state index is 0.378. The van der Waals surface area contributed by atoms with Crippen molar-refractivity contribution in [2.75, 3.05) is 31.1 Å². The van der Waals surface area contributed by atoms with Gasteiger partial charge in [-0.05, 0) is 55.3 Å². The van der Waals surface area contributed by atoms with E-state index in [2.05, 4.69) is 27.6 Å². The summed E-state index contributed by atoms with van der Waals surface area (Å²) in [4.78, 5) is 13.0. The zero-order valence-corrected chi connectivity index (χ0v) is 13.2. The van der Waals surface area contributed by atoms with Crippen molar-refractivity contribution >= 4 is 11.9 Å². The average molecular weight is 326 g/mol. The summed E-state index contributed by atoms with van der Waals surface area (Å²) in [7, 11) is 0. The van der Waals surface area contributed by atoms with Crippen LogP contribution < -0.4 is 15.0 Å². The number of cyclic esters (lactones) is 1. The Labute approximate surface area is 139 Å². The number of rotatable bonds is 3. The standard InChI is InChI=1S/C17H18N4O3/c22-17-21(9-10-23-17)15-3-4-16(20-19-15)24-14-2-1-12-5-7-18-8-6-13(12)11-14/h1-4,11,18H,5-10H2. The van der Waals surface area contributed by atoms with Crippen LogP contribution in [0.5, 0.6) is 11.6 Å². The second kappa shape index (κ2) is 6.45. The van der Waals surface area contributed by atoms with Crippen molar-refractivity contribution in [3.05, 3.63) is 41.5 Å². The Balaban J connectivity index is 1.49. The number of nitrogens with zero attached hydrogens (tertiary/aromatic N) is 3. The Bertz CT molecular complexity index is 748. The molecule has 2 aromatic rings. The molecule has 1 fully saturated rings. The molecular weight excluding hydrogens is 308 g/mol. The summed E-state index contributed by atoms with van der Waals surface area (Å²) in [6.07, 6.45) is 1.64. The van der Waals surface area contributed by atoms with Crippen molar-refractivity contribution in [3.8, 4) is 11.6 Å². The molecule has 0 atom stereocenters. The molecule has 4 rings (SSSR count). The molecule has 124 valence electrons. The molecule has 0 radical (unpaired) electrons. The van der Waals surface area contributed by atoms with Gasteiger partial charge in [-0.15, -0.1) is 10.2 Å². The fourth-order valence-corrected chi connectivity index (χ4v) is 2.95. The highest BCUT2D eigenvalue weighted by Crippen LogP contribution is 2.25. The number of ether oxygens (including phenoxy) is 2. The number of aromatic nitrogens is 2. The highest BCUT2D eigenvalue weighted by atomic mass is 16.6. The molecule has 1 amide bonds. The van der Waals surface area contributed by atoms with E-state index in [4.69, 9.17) is 9.47 Å². The molecule has 2 aliphatic rings. The molecule has 3 heterocycles.